The van der Waals surface area contributed by atoms with Crippen molar-refractivity contribution in [3.8, 4) is 11.3 Å². The second kappa shape index (κ2) is 5.77. The predicted molar refractivity (Wildman–Crippen MR) is 81.7 cm³/mol. The van der Waals surface area contributed by atoms with Gasteiger partial charge in [-0.1, -0.05) is 23.7 Å². The van der Waals surface area contributed by atoms with Gasteiger partial charge in [0.05, 0.1) is 5.69 Å². The number of piperidine rings is 1. The van der Waals surface area contributed by atoms with Crippen molar-refractivity contribution in [3.05, 3.63) is 41.0 Å². The van der Waals surface area contributed by atoms with Gasteiger partial charge in [-0.3, -0.25) is 0 Å². The smallest absolute Gasteiger partial charge is 0.220 e. The molecule has 1 aliphatic heterocycles. The van der Waals surface area contributed by atoms with E-state index < -0.39 is 0 Å². The molecule has 4 nitrogen and oxygen atoms in total. The molecule has 0 radical (unpaired) electrons. The predicted octanol–water partition coefficient (Wildman–Crippen LogP) is 2.85. The van der Waals surface area contributed by atoms with E-state index in [2.05, 4.69) is 21.4 Å². The Bertz CT molecular complexity index is 591. The van der Waals surface area contributed by atoms with Gasteiger partial charge in [-0.25, -0.2) is 9.97 Å². The molecule has 0 bridgehead atoms. The number of halogens is 1. The molecule has 1 saturated heterocycles. The maximum Gasteiger partial charge on any atom is 0.220 e. The first kappa shape index (κ1) is 13.3. The van der Waals surface area contributed by atoms with Gasteiger partial charge in [0.15, 0.2) is 0 Å². The number of nitrogens with one attached hydrogen (secondary N) is 1. The lowest BCUT2D eigenvalue weighted by Gasteiger charge is -2.22. The zero-order chi connectivity index (χ0) is 13.9. The fourth-order valence-electron chi connectivity index (χ4n) is 2.58. The van der Waals surface area contributed by atoms with Crippen LogP contribution < -0.4 is 11.1 Å². The summed E-state index contributed by atoms with van der Waals surface area (Å²) in [6.07, 6.45) is 2.19. The quantitative estimate of drug-likeness (QED) is 0.892. The summed E-state index contributed by atoms with van der Waals surface area (Å²) in [4.78, 5) is 8.75. The van der Waals surface area contributed by atoms with Gasteiger partial charge in [-0.05, 0) is 44.1 Å². The number of aromatic nitrogens is 2. The molecular weight excluding hydrogens is 272 g/mol. The van der Waals surface area contributed by atoms with Crippen molar-refractivity contribution in [1.29, 1.82) is 0 Å². The lowest BCUT2D eigenvalue weighted by molar-refractivity contribution is 0.453. The lowest BCUT2D eigenvalue weighted by atomic mass is 9.93. The highest BCUT2D eigenvalue weighted by Gasteiger charge is 2.18. The molecule has 0 saturated carbocycles. The average molecular weight is 289 g/mol. The Labute approximate surface area is 123 Å². The van der Waals surface area contributed by atoms with E-state index in [4.69, 9.17) is 17.3 Å². The fraction of sp³-hybridized carbons (Fsp3) is 0.333. The van der Waals surface area contributed by atoms with Crippen molar-refractivity contribution >= 4 is 17.5 Å². The normalized spacial score (nSPS) is 16.2. The van der Waals surface area contributed by atoms with Crippen LogP contribution in [0.1, 0.15) is 24.5 Å². The summed E-state index contributed by atoms with van der Waals surface area (Å²) in [5, 5.41) is 4.08. The van der Waals surface area contributed by atoms with Gasteiger partial charge in [-0.2, -0.15) is 0 Å². The summed E-state index contributed by atoms with van der Waals surface area (Å²) in [6.45, 7) is 2.07. The number of benzene rings is 1. The van der Waals surface area contributed by atoms with Crippen molar-refractivity contribution < 1.29 is 0 Å². The Morgan fingerprint density at radius 1 is 1.10 bits per heavy atom. The van der Waals surface area contributed by atoms with Crippen molar-refractivity contribution in [1.82, 2.24) is 15.3 Å². The molecule has 3 rings (SSSR count). The molecule has 1 aliphatic rings. The molecule has 2 heterocycles. The van der Waals surface area contributed by atoms with Crippen LogP contribution in [0.5, 0.6) is 0 Å². The topological polar surface area (TPSA) is 63.8 Å². The summed E-state index contributed by atoms with van der Waals surface area (Å²) in [7, 11) is 0. The van der Waals surface area contributed by atoms with Gasteiger partial charge in [0.25, 0.3) is 0 Å². The molecule has 3 N–H and O–H groups in total. The fourth-order valence-corrected chi connectivity index (χ4v) is 2.71. The first-order valence-corrected chi connectivity index (χ1v) is 7.21. The highest BCUT2D eigenvalue weighted by molar-refractivity contribution is 6.30. The van der Waals surface area contributed by atoms with Crippen LogP contribution in [0.15, 0.2) is 30.3 Å². The molecule has 0 amide bonds. The second-order valence-electron chi connectivity index (χ2n) is 5.07. The van der Waals surface area contributed by atoms with E-state index in [0.717, 1.165) is 42.9 Å². The molecule has 1 fully saturated rings. The molecule has 5 heteroatoms. The molecule has 2 aromatic rings. The maximum absolute atomic E-state index is 5.92. The molecule has 1 aromatic carbocycles. The van der Waals surface area contributed by atoms with Gasteiger partial charge in [0.2, 0.25) is 5.95 Å². The Hall–Kier alpha value is -1.65. The summed E-state index contributed by atoms with van der Waals surface area (Å²) in [6, 6.07) is 9.68. The van der Waals surface area contributed by atoms with Gasteiger partial charge < -0.3 is 11.1 Å². The van der Waals surface area contributed by atoms with Gasteiger partial charge in [0.1, 0.15) is 0 Å². The van der Waals surface area contributed by atoms with Gasteiger partial charge in [0, 0.05) is 22.2 Å². The molecule has 0 spiro atoms. The van der Waals surface area contributed by atoms with E-state index >= 15 is 0 Å². The summed E-state index contributed by atoms with van der Waals surface area (Å²) in [5.41, 5.74) is 8.79. The van der Waals surface area contributed by atoms with E-state index in [9.17, 15) is 0 Å². The number of nitrogen functional groups attached to an aromatic ring is 1. The van der Waals surface area contributed by atoms with Crippen molar-refractivity contribution in [2.24, 2.45) is 0 Å². The minimum atomic E-state index is 0.339. The van der Waals surface area contributed by atoms with Crippen molar-refractivity contribution in [2.45, 2.75) is 18.8 Å². The largest absolute Gasteiger partial charge is 0.368 e. The molecule has 0 aliphatic carbocycles. The van der Waals surface area contributed by atoms with E-state index in [1.165, 1.54) is 0 Å². The van der Waals surface area contributed by atoms with Crippen LogP contribution in [0.4, 0.5) is 5.95 Å². The second-order valence-corrected chi connectivity index (χ2v) is 5.50. The SMILES string of the molecule is Nc1nc(-c2ccc(Cl)cc2)cc(C2CCNCC2)n1. The molecule has 0 unspecified atom stereocenters. The van der Waals surface area contributed by atoms with Crippen molar-refractivity contribution in [2.75, 3.05) is 18.8 Å². The standard InChI is InChI=1S/C15H17ClN4/c16-12-3-1-10(2-4-12)13-9-14(20-15(17)19-13)11-5-7-18-8-6-11/h1-4,9,11,18H,5-8H2,(H2,17,19,20). The maximum atomic E-state index is 5.92. The van der Waals surface area contributed by atoms with Crippen LogP contribution in [-0.2, 0) is 0 Å². The lowest BCUT2D eigenvalue weighted by Crippen LogP contribution is -2.27. The summed E-state index contributed by atoms with van der Waals surface area (Å²) in [5.74, 6) is 0.804. The van der Waals surface area contributed by atoms with E-state index in [0.29, 0.717) is 16.9 Å². The number of hydrogen-bond donors (Lipinski definition) is 2. The van der Waals surface area contributed by atoms with Gasteiger partial charge in [-0.15, -0.1) is 0 Å². The van der Waals surface area contributed by atoms with E-state index in [1.807, 2.05) is 24.3 Å². The third kappa shape index (κ3) is 2.92. The number of nitrogens with two attached hydrogens (primary N) is 1. The van der Waals surface area contributed by atoms with Crippen molar-refractivity contribution in [3.63, 3.8) is 0 Å². The van der Waals surface area contributed by atoms with Crippen LogP contribution in [0.3, 0.4) is 0 Å². The van der Waals surface area contributed by atoms with Gasteiger partial charge >= 0.3 is 0 Å². The van der Waals surface area contributed by atoms with E-state index in [1.54, 1.807) is 0 Å². The van der Waals surface area contributed by atoms with Crippen LogP contribution in [0, 0.1) is 0 Å². The Balaban J connectivity index is 1.95. The molecule has 0 atom stereocenters. The average Bonchev–Trinajstić information content (AvgIpc) is 2.48. The monoisotopic (exact) mass is 288 g/mol. The molecule has 1 aromatic heterocycles. The Morgan fingerprint density at radius 2 is 1.80 bits per heavy atom. The van der Waals surface area contributed by atoms with Crippen LogP contribution >= 0.6 is 11.6 Å². The number of nitrogens with zero attached hydrogens (tertiary/aromatic N) is 2. The highest BCUT2D eigenvalue weighted by atomic mass is 35.5. The number of rotatable bonds is 2. The number of hydrogen-bond acceptors (Lipinski definition) is 4. The zero-order valence-electron chi connectivity index (χ0n) is 11.1. The van der Waals surface area contributed by atoms with Crippen LogP contribution in [0.25, 0.3) is 11.3 Å². The third-order valence-electron chi connectivity index (χ3n) is 3.66. The first-order valence-electron chi connectivity index (χ1n) is 6.83. The summed E-state index contributed by atoms with van der Waals surface area (Å²) < 4.78 is 0. The first-order chi connectivity index (χ1) is 9.72. The summed E-state index contributed by atoms with van der Waals surface area (Å²) >= 11 is 5.92. The molecule has 20 heavy (non-hydrogen) atoms. The Kier molecular flexibility index (Phi) is 3.85. The zero-order valence-corrected chi connectivity index (χ0v) is 11.9. The molecular formula is C15H17ClN4. The minimum Gasteiger partial charge on any atom is -0.368 e. The third-order valence-corrected chi connectivity index (χ3v) is 3.91. The minimum absolute atomic E-state index is 0.339. The van der Waals surface area contributed by atoms with Crippen LogP contribution in [-0.4, -0.2) is 23.1 Å². The van der Waals surface area contributed by atoms with E-state index in [-0.39, 0.29) is 0 Å². The Morgan fingerprint density at radius 3 is 2.50 bits per heavy atom. The highest BCUT2D eigenvalue weighted by Crippen LogP contribution is 2.28. The molecule has 104 valence electrons. The van der Waals surface area contributed by atoms with Crippen LogP contribution in [0.2, 0.25) is 5.02 Å². The number of anilines is 1.